The van der Waals surface area contributed by atoms with Crippen LogP contribution in [0.4, 0.5) is 4.79 Å². The van der Waals surface area contributed by atoms with Crippen molar-refractivity contribution in [2.75, 3.05) is 13.1 Å². The molecule has 3 heterocycles. The first-order valence-electron chi connectivity index (χ1n) is 10.4. The summed E-state index contributed by atoms with van der Waals surface area (Å²) in [6.45, 7) is 8.40. The van der Waals surface area contributed by atoms with Crippen LogP contribution in [-0.4, -0.2) is 64.8 Å². The van der Waals surface area contributed by atoms with Gasteiger partial charge in [0.05, 0.1) is 0 Å². The highest BCUT2D eigenvalue weighted by Gasteiger charge is 2.45. The van der Waals surface area contributed by atoms with Crippen LogP contribution in [0.1, 0.15) is 72.1 Å². The molecule has 0 aromatic heterocycles. The van der Waals surface area contributed by atoms with E-state index in [1.54, 1.807) is 0 Å². The summed E-state index contributed by atoms with van der Waals surface area (Å²) >= 11 is 0. The number of hydrogen-bond acceptors (Lipinski definition) is 4. The van der Waals surface area contributed by atoms with Crippen molar-refractivity contribution in [1.82, 2.24) is 15.1 Å². The molecule has 5 heteroatoms. The van der Waals surface area contributed by atoms with Gasteiger partial charge in [0.25, 0.3) is 0 Å². The van der Waals surface area contributed by atoms with Crippen molar-refractivity contribution in [3.05, 3.63) is 0 Å². The normalized spacial score (nSPS) is 34.4. The SMILES string of the molecule is CC(C)(C)OC(=O)N1C2CCC1CC(NC1CCN(C3CC3)CC1)C2. The van der Waals surface area contributed by atoms with E-state index in [1.807, 2.05) is 20.8 Å². The van der Waals surface area contributed by atoms with Crippen LogP contribution in [0.25, 0.3) is 0 Å². The van der Waals surface area contributed by atoms with Crippen LogP contribution in [-0.2, 0) is 4.74 Å². The molecule has 0 aromatic rings. The van der Waals surface area contributed by atoms with E-state index in [9.17, 15) is 4.79 Å². The van der Waals surface area contributed by atoms with E-state index in [4.69, 9.17) is 4.74 Å². The lowest BCUT2D eigenvalue weighted by Gasteiger charge is -2.42. The average Bonchev–Trinajstić information content (AvgIpc) is 3.32. The van der Waals surface area contributed by atoms with Crippen LogP contribution in [0.5, 0.6) is 0 Å². The fourth-order valence-corrected chi connectivity index (χ4v) is 5.13. The van der Waals surface area contributed by atoms with Gasteiger partial charge < -0.3 is 19.9 Å². The zero-order valence-corrected chi connectivity index (χ0v) is 16.2. The fourth-order valence-electron chi connectivity index (χ4n) is 5.13. The summed E-state index contributed by atoms with van der Waals surface area (Å²) in [7, 11) is 0. The van der Waals surface area contributed by atoms with E-state index in [0.29, 0.717) is 24.2 Å². The topological polar surface area (TPSA) is 44.8 Å². The molecule has 3 aliphatic heterocycles. The highest BCUT2D eigenvalue weighted by molar-refractivity contribution is 5.69. The van der Waals surface area contributed by atoms with Crippen molar-refractivity contribution in [2.24, 2.45) is 0 Å². The van der Waals surface area contributed by atoms with Crippen molar-refractivity contribution in [2.45, 2.75) is 108 Å². The molecule has 1 saturated carbocycles. The Balaban J connectivity index is 1.27. The summed E-state index contributed by atoms with van der Waals surface area (Å²) in [6.07, 6.45) is 9.80. The molecule has 2 atom stereocenters. The maximum Gasteiger partial charge on any atom is 0.410 e. The van der Waals surface area contributed by atoms with Crippen LogP contribution < -0.4 is 5.32 Å². The van der Waals surface area contributed by atoms with Crippen molar-refractivity contribution in [1.29, 1.82) is 0 Å². The maximum atomic E-state index is 12.6. The quantitative estimate of drug-likeness (QED) is 0.850. The van der Waals surface area contributed by atoms with Gasteiger partial charge >= 0.3 is 6.09 Å². The molecule has 4 fully saturated rings. The Hall–Kier alpha value is -0.810. The minimum Gasteiger partial charge on any atom is -0.444 e. The van der Waals surface area contributed by atoms with Gasteiger partial charge in [0.1, 0.15) is 5.60 Å². The van der Waals surface area contributed by atoms with Crippen LogP contribution in [0.15, 0.2) is 0 Å². The van der Waals surface area contributed by atoms with Gasteiger partial charge in [0.15, 0.2) is 0 Å². The molecule has 5 nitrogen and oxygen atoms in total. The standard InChI is InChI=1S/C20H35N3O2/c1-20(2,3)25-19(24)23-17-6-7-18(23)13-15(12-17)21-14-8-10-22(11-9-14)16-4-5-16/h14-18,21H,4-13H2,1-3H3. The molecule has 0 aromatic carbocycles. The molecule has 3 saturated heterocycles. The number of carbonyl (C=O) groups excluding carboxylic acids is 1. The number of hydrogen-bond donors (Lipinski definition) is 1. The van der Waals surface area contributed by atoms with E-state index in [-0.39, 0.29) is 6.09 Å². The number of carbonyl (C=O) groups is 1. The number of rotatable bonds is 3. The smallest absolute Gasteiger partial charge is 0.410 e. The van der Waals surface area contributed by atoms with Gasteiger partial charge in [0.2, 0.25) is 0 Å². The number of nitrogens with zero attached hydrogens (tertiary/aromatic N) is 2. The summed E-state index contributed by atoms with van der Waals surface area (Å²) < 4.78 is 5.64. The van der Waals surface area contributed by atoms with Gasteiger partial charge in [-0.05, 0) is 85.2 Å². The Kier molecular flexibility index (Phi) is 4.74. The van der Waals surface area contributed by atoms with E-state index in [0.717, 1.165) is 31.7 Å². The Morgan fingerprint density at radius 2 is 1.44 bits per heavy atom. The minimum atomic E-state index is -0.402. The third kappa shape index (κ3) is 4.13. The molecule has 142 valence electrons. The zero-order valence-electron chi connectivity index (χ0n) is 16.2. The second-order valence-electron chi connectivity index (χ2n) is 9.65. The number of ether oxygens (including phenoxy) is 1. The Labute approximate surface area is 152 Å². The van der Waals surface area contributed by atoms with Crippen molar-refractivity contribution < 1.29 is 9.53 Å². The van der Waals surface area contributed by atoms with Gasteiger partial charge in [-0.2, -0.15) is 0 Å². The lowest BCUT2D eigenvalue weighted by Crippen LogP contribution is -2.55. The highest BCUT2D eigenvalue weighted by Crippen LogP contribution is 2.37. The maximum absolute atomic E-state index is 12.6. The third-order valence-corrected chi connectivity index (χ3v) is 6.40. The van der Waals surface area contributed by atoms with Crippen molar-refractivity contribution >= 4 is 6.09 Å². The Morgan fingerprint density at radius 1 is 0.880 bits per heavy atom. The predicted molar refractivity (Wildman–Crippen MR) is 98.7 cm³/mol. The first-order chi connectivity index (χ1) is 11.9. The first-order valence-corrected chi connectivity index (χ1v) is 10.4. The van der Waals surface area contributed by atoms with Crippen LogP contribution in [0.2, 0.25) is 0 Å². The van der Waals surface area contributed by atoms with E-state index < -0.39 is 5.60 Å². The molecule has 25 heavy (non-hydrogen) atoms. The lowest BCUT2D eigenvalue weighted by atomic mass is 9.95. The molecule has 2 bridgehead atoms. The number of piperidine rings is 2. The summed E-state index contributed by atoms with van der Waals surface area (Å²) in [5.41, 5.74) is -0.402. The highest BCUT2D eigenvalue weighted by atomic mass is 16.6. The molecule has 4 rings (SSSR count). The molecule has 1 aliphatic carbocycles. The Morgan fingerprint density at radius 3 is 1.96 bits per heavy atom. The van der Waals surface area contributed by atoms with E-state index in [2.05, 4.69) is 15.1 Å². The Bertz CT molecular complexity index is 478. The van der Waals surface area contributed by atoms with Crippen molar-refractivity contribution in [3.63, 3.8) is 0 Å². The molecule has 1 N–H and O–H groups in total. The fraction of sp³-hybridized carbons (Fsp3) is 0.950. The van der Waals surface area contributed by atoms with E-state index in [1.165, 1.54) is 38.8 Å². The second-order valence-corrected chi connectivity index (χ2v) is 9.65. The first kappa shape index (κ1) is 17.6. The number of nitrogens with one attached hydrogen (secondary N) is 1. The molecule has 0 radical (unpaired) electrons. The predicted octanol–water partition coefficient (Wildman–Crippen LogP) is 3.13. The average molecular weight is 350 g/mol. The van der Waals surface area contributed by atoms with Gasteiger partial charge in [-0.25, -0.2) is 4.79 Å². The summed E-state index contributed by atoms with van der Waals surface area (Å²) in [5.74, 6) is 0. The molecule has 0 spiro atoms. The monoisotopic (exact) mass is 349 g/mol. The van der Waals surface area contributed by atoms with Gasteiger partial charge in [-0.3, -0.25) is 0 Å². The van der Waals surface area contributed by atoms with E-state index >= 15 is 0 Å². The molecular formula is C20H35N3O2. The number of likely N-dealkylation sites (tertiary alicyclic amines) is 1. The largest absolute Gasteiger partial charge is 0.444 e. The molecule has 4 aliphatic rings. The van der Waals surface area contributed by atoms with Gasteiger partial charge in [-0.1, -0.05) is 0 Å². The molecular weight excluding hydrogens is 314 g/mol. The third-order valence-electron chi connectivity index (χ3n) is 6.40. The lowest BCUT2D eigenvalue weighted by molar-refractivity contribution is 0.00386. The second kappa shape index (κ2) is 6.73. The molecule has 2 unspecified atom stereocenters. The summed E-state index contributed by atoms with van der Waals surface area (Å²) in [4.78, 5) is 17.3. The number of amides is 1. The van der Waals surface area contributed by atoms with Gasteiger partial charge in [0, 0.05) is 30.2 Å². The van der Waals surface area contributed by atoms with Crippen molar-refractivity contribution in [3.8, 4) is 0 Å². The van der Waals surface area contributed by atoms with Crippen LogP contribution in [0, 0.1) is 0 Å². The molecule has 1 amide bonds. The number of fused-ring (bicyclic) bond motifs is 2. The van der Waals surface area contributed by atoms with Gasteiger partial charge in [-0.15, -0.1) is 0 Å². The summed E-state index contributed by atoms with van der Waals surface area (Å²) in [6, 6.07) is 2.91. The zero-order chi connectivity index (χ0) is 17.6. The summed E-state index contributed by atoms with van der Waals surface area (Å²) in [5, 5.41) is 3.94. The minimum absolute atomic E-state index is 0.101. The van der Waals surface area contributed by atoms with Crippen LogP contribution >= 0.6 is 0 Å². The van der Waals surface area contributed by atoms with Crippen LogP contribution in [0.3, 0.4) is 0 Å².